The summed E-state index contributed by atoms with van der Waals surface area (Å²) in [5.41, 5.74) is 6.79. The van der Waals surface area contributed by atoms with Gasteiger partial charge in [-0.25, -0.2) is 0 Å². The Bertz CT molecular complexity index is 450. The van der Waals surface area contributed by atoms with Gasteiger partial charge in [0.15, 0.2) is 11.5 Å². The van der Waals surface area contributed by atoms with E-state index in [0.29, 0.717) is 6.54 Å². The van der Waals surface area contributed by atoms with Crippen molar-refractivity contribution < 1.29 is 19.4 Å². The first-order valence-electron chi connectivity index (χ1n) is 6.22. The van der Waals surface area contributed by atoms with Gasteiger partial charge in [0.05, 0.1) is 6.42 Å². The Kier molecular flexibility index (Phi) is 4.59. The van der Waals surface area contributed by atoms with E-state index in [-0.39, 0.29) is 19.3 Å². The Morgan fingerprint density at radius 2 is 2.21 bits per heavy atom. The van der Waals surface area contributed by atoms with E-state index in [2.05, 4.69) is 5.32 Å². The van der Waals surface area contributed by atoms with Crippen molar-refractivity contribution in [1.29, 1.82) is 0 Å². The minimum absolute atomic E-state index is 0.0168. The van der Waals surface area contributed by atoms with Gasteiger partial charge in [0.2, 0.25) is 6.79 Å². The van der Waals surface area contributed by atoms with Crippen LogP contribution in [-0.4, -0.2) is 37.0 Å². The highest BCUT2D eigenvalue weighted by molar-refractivity contribution is 5.67. The Morgan fingerprint density at radius 3 is 3.00 bits per heavy atom. The van der Waals surface area contributed by atoms with Gasteiger partial charge < -0.3 is 25.6 Å². The highest BCUT2D eigenvalue weighted by Gasteiger charge is 2.13. The molecule has 6 nitrogen and oxygen atoms in total. The van der Waals surface area contributed by atoms with Gasteiger partial charge in [0, 0.05) is 12.6 Å². The molecule has 0 saturated heterocycles. The van der Waals surface area contributed by atoms with Crippen molar-refractivity contribution >= 4 is 5.97 Å². The van der Waals surface area contributed by atoms with Crippen molar-refractivity contribution in [2.45, 2.75) is 18.9 Å². The van der Waals surface area contributed by atoms with Crippen LogP contribution in [0.1, 0.15) is 12.0 Å². The third kappa shape index (κ3) is 4.11. The van der Waals surface area contributed by atoms with Gasteiger partial charge in [-0.1, -0.05) is 6.07 Å². The normalized spacial score (nSPS) is 14.4. The fourth-order valence-electron chi connectivity index (χ4n) is 1.91. The number of nitrogens with one attached hydrogen (secondary N) is 1. The number of rotatable bonds is 7. The Morgan fingerprint density at radius 1 is 1.42 bits per heavy atom. The molecule has 0 bridgehead atoms. The summed E-state index contributed by atoms with van der Waals surface area (Å²) in [5.74, 6) is 0.685. The predicted octanol–water partition coefficient (Wildman–Crippen LogP) is 0.349. The van der Waals surface area contributed by atoms with Crippen LogP contribution >= 0.6 is 0 Å². The van der Waals surface area contributed by atoms with Gasteiger partial charge >= 0.3 is 5.97 Å². The molecule has 6 heteroatoms. The summed E-state index contributed by atoms with van der Waals surface area (Å²) in [6.07, 6.45) is 0.813. The Balaban J connectivity index is 1.70. The third-order valence-corrected chi connectivity index (χ3v) is 2.87. The van der Waals surface area contributed by atoms with Gasteiger partial charge in [-0.15, -0.1) is 0 Å². The number of carboxylic acids is 1. The summed E-state index contributed by atoms with van der Waals surface area (Å²) in [4.78, 5) is 10.4. The molecule has 0 aliphatic carbocycles. The molecule has 0 fully saturated rings. The standard InChI is InChI=1S/C13H18N2O4/c14-10(6-13(16)17)7-15-4-3-9-1-2-11-12(5-9)19-8-18-11/h1-2,5,10,15H,3-4,6-8,14H2,(H,16,17). The summed E-state index contributed by atoms with van der Waals surface area (Å²) in [5, 5.41) is 11.7. The molecule has 0 spiro atoms. The second-order valence-electron chi connectivity index (χ2n) is 4.50. The lowest BCUT2D eigenvalue weighted by molar-refractivity contribution is -0.137. The zero-order valence-electron chi connectivity index (χ0n) is 10.6. The topological polar surface area (TPSA) is 93.8 Å². The molecule has 1 aromatic rings. The van der Waals surface area contributed by atoms with Crippen molar-refractivity contribution in [1.82, 2.24) is 5.32 Å². The number of fused-ring (bicyclic) bond motifs is 1. The number of hydrogen-bond donors (Lipinski definition) is 3. The molecular formula is C13H18N2O4. The third-order valence-electron chi connectivity index (χ3n) is 2.87. The first kappa shape index (κ1) is 13.6. The lowest BCUT2D eigenvalue weighted by Gasteiger charge is -2.10. The van der Waals surface area contributed by atoms with E-state index in [1.807, 2.05) is 18.2 Å². The van der Waals surface area contributed by atoms with Crippen LogP contribution in [-0.2, 0) is 11.2 Å². The van der Waals surface area contributed by atoms with Crippen LogP contribution in [0, 0.1) is 0 Å². The summed E-state index contributed by atoms with van der Waals surface area (Å²) in [6, 6.07) is 5.50. The largest absolute Gasteiger partial charge is 0.481 e. The second kappa shape index (κ2) is 6.40. The molecule has 1 unspecified atom stereocenters. The van der Waals surface area contributed by atoms with Crippen LogP contribution in [0.15, 0.2) is 18.2 Å². The number of hydrogen-bond acceptors (Lipinski definition) is 5. The first-order chi connectivity index (χ1) is 9.15. The Hall–Kier alpha value is -1.79. The summed E-state index contributed by atoms with van der Waals surface area (Å²) in [6.45, 7) is 1.52. The smallest absolute Gasteiger partial charge is 0.304 e. The minimum atomic E-state index is -0.870. The lowest BCUT2D eigenvalue weighted by Crippen LogP contribution is -2.36. The van der Waals surface area contributed by atoms with Gasteiger partial charge in [-0.2, -0.15) is 0 Å². The lowest BCUT2D eigenvalue weighted by atomic mass is 10.1. The van der Waals surface area contributed by atoms with Crippen LogP contribution in [0.4, 0.5) is 0 Å². The summed E-state index contributed by atoms with van der Waals surface area (Å²) in [7, 11) is 0. The van der Waals surface area contributed by atoms with Crippen LogP contribution in [0.2, 0.25) is 0 Å². The van der Waals surface area contributed by atoms with E-state index in [4.69, 9.17) is 20.3 Å². The summed E-state index contributed by atoms with van der Waals surface area (Å²) < 4.78 is 10.5. The molecule has 0 aromatic heterocycles. The minimum Gasteiger partial charge on any atom is -0.481 e. The molecule has 0 amide bonds. The number of ether oxygens (including phenoxy) is 2. The molecule has 1 atom stereocenters. The second-order valence-corrected chi connectivity index (χ2v) is 4.50. The van der Waals surface area contributed by atoms with Crippen LogP contribution < -0.4 is 20.5 Å². The molecule has 1 aliphatic rings. The molecular weight excluding hydrogens is 248 g/mol. The summed E-state index contributed by atoms with van der Waals surface area (Å²) >= 11 is 0. The highest BCUT2D eigenvalue weighted by atomic mass is 16.7. The number of nitrogens with two attached hydrogens (primary N) is 1. The number of aliphatic carboxylic acids is 1. The predicted molar refractivity (Wildman–Crippen MR) is 69.4 cm³/mol. The van der Waals surface area contributed by atoms with Crippen molar-refractivity contribution in [2.75, 3.05) is 19.9 Å². The number of benzene rings is 1. The molecule has 104 valence electrons. The molecule has 19 heavy (non-hydrogen) atoms. The van der Waals surface area contributed by atoms with Gasteiger partial charge in [-0.3, -0.25) is 4.79 Å². The monoisotopic (exact) mass is 266 g/mol. The maximum Gasteiger partial charge on any atom is 0.304 e. The zero-order chi connectivity index (χ0) is 13.7. The molecule has 0 saturated carbocycles. The molecule has 1 aliphatic heterocycles. The van der Waals surface area contributed by atoms with Crippen molar-refractivity contribution in [3.63, 3.8) is 0 Å². The van der Waals surface area contributed by atoms with Crippen LogP contribution in [0.5, 0.6) is 11.5 Å². The van der Waals surface area contributed by atoms with Crippen molar-refractivity contribution in [3.05, 3.63) is 23.8 Å². The fourth-order valence-corrected chi connectivity index (χ4v) is 1.91. The molecule has 2 rings (SSSR count). The van der Waals surface area contributed by atoms with Crippen molar-refractivity contribution in [3.8, 4) is 11.5 Å². The van der Waals surface area contributed by atoms with E-state index >= 15 is 0 Å². The van der Waals surface area contributed by atoms with Crippen molar-refractivity contribution in [2.24, 2.45) is 5.73 Å². The average molecular weight is 266 g/mol. The first-order valence-corrected chi connectivity index (χ1v) is 6.22. The quantitative estimate of drug-likeness (QED) is 0.617. The number of carboxylic acid groups (broad SMARTS) is 1. The maximum atomic E-state index is 10.4. The van der Waals surface area contributed by atoms with Gasteiger partial charge in [-0.05, 0) is 30.7 Å². The van der Waals surface area contributed by atoms with E-state index in [1.165, 1.54) is 0 Å². The van der Waals surface area contributed by atoms with E-state index in [0.717, 1.165) is 30.0 Å². The molecule has 1 aromatic carbocycles. The van der Waals surface area contributed by atoms with E-state index in [9.17, 15) is 4.79 Å². The van der Waals surface area contributed by atoms with E-state index < -0.39 is 5.97 Å². The van der Waals surface area contributed by atoms with Crippen LogP contribution in [0.25, 0.3) is 0 Å². The Labute approximate surface area is 111 Å². The zero-order valence-corrected chi connectivity index (χ0v) is 10.6. The maximum absolute atomic E-state index is 10.4. The SMILES string of the molecule is NC(CNCCc1ccc2c(c1)OCO2)CC(=O)O. The fraction of sp³-hybridized carbons (Fsp3) is 0.462. The van der Waals surface area contributed by atoms with E-state index in [1.54, 1.807) is 0 Å². The molecule has 4 N–H and O–H groups in total. The van der Waals surface area contributed by atoms with Crippen LogP contribution in [0.3, 0.4) is 0 Å². The highest BCUT2D eigenvalue weighted by Crippen LogP contribution is 2.32. The van der Waals surface area contributed by atoms with Gasteiger partial charge in [0.25, 0.3) is 0 Å². The molecule has 1 heterocycles. The number of carbonyl (C=O) groups is 1. The molecule has 0 radical (unpaired) electrons. The average Bonchev–Trinajstić information content (AvgIpc) is 2.81. The van der Waals surface area contributed by atoms with Gasteiger partial charge in [0.1, 0.15) is 0 Å².